The highest BCUT2D eigenvalue weighted by Gasteiger charge is 2.32. The molecule has 1 atom stereocenters. The number of anilines is 1. The molecule has 4 aromatic rings. The number of aromatic nitrogens is 3. The molecule has 5 rings (SSSR count). The first-order chi connectivity index (χ1) is 15.5. The molecule has 0 aliphatic carbocycles. The number of rotatable bonds is 5. The van der Waals surface area contributed by atoms with Crippen molar-refractivity contribution < 1.29 is 9.50 Å². The number of halogens is 1. The van der Waals surface area contributed by atoms with E-state index >= 15 is 0 Å². The zero-order valence-electron chi connectivity index (χ0n) is 18.2. The SMILES string of the molecule is CCc1nc2sc([C@H](c3ccc(C)cc3)N3CCN(c4ccccc4F)CC3)c(O)n2n1. The molecule has 0 bridgehead atoms. The van der Waals surface area contributed by atoms with Crippen molar-refractivity contribution in [1.29, 1.82) is 0 Å². The highest BCUT2D eigenvalue weighted by atomic mass is 32.1. The first kappa shape index (κ1) is 20.9. The van der Waals surface area contributed by atoms with E-state index in [4.69, 9.17) is 0 Å². The first-order valence-electron chi connectivity index (χ1n) is 10.9. The number of piperazine rings is 1. The van der Waals surface area contributed by atoms with Crippen molar-refractivity contribution in [2.75, 3.05) is 31.1 Å². The molecule has 0 spiro atoms. The van der Waals surface area contributed by atoms with Gasteiger partial charge in [0.2, 0.25) is 10.8 Å². The smallest absolute Gasteiger partial charge is 0.230 e. The van der Waals surface area contributed by atoms with Crippen LogP contribution in [0.5, 0.6) is 5.88 Å². The second-order valence-corrected chi connectivity index (χ2v) is 9.16. The minimum atomic E-state index is -0.189. The molecule has 2 aromatic heterocycles. The molecule has 2 aromatic carbocycles. The summed E-state index contributed by atoms with van der Waals surface area (Å²) in [4.78, 5) is 10.5. The van der Waals surface area contributed by atoms with Crippen LogP contribution >= 0.6 is 11.3 Å². The van der Waals surface area contributed by atoms with E-state index in [9.17, 15) is 9.50 Å². The van der Waals surface area contributed by atoms with Crippen molar-refractivity contribution in [3.05, 3.63) is 76.2 Å². The Bertz CT molecular complexity index is 1230. The van der Waals surface area contributed by atoms with Gasteiger partial charge in [0.15, 0.2) is 5.82 Å². The predicted octanol–water partition coefficient (Wildman–Crippen LogP) is 4.42. The molecule has 8 heteroatoms. The number of benzene rings is 2. The fraction of sp³-hybridized carbons (Fsp3) is 0.333. The largest absolute Gasteiger partial charge is 0.492 e. The number of para-hydroxylation sites is 1. The maximum absolute atomic E-state index is 14.3. The van der Waals surface area contributed by atoms with E-state index in [1.807, 2.05) is 19.1 Å². The molecule has 32 heavy (non-hydrogen) atoms. The molecule has 6 nitrogen and oxygen atoms in total. The molecule has 0 amide bonds. The molecule has 166 valence electrons. The van der Waals surface area contributed by atoms with E-state index in [-0.39, 0.29) is 17.7 Å². The van der Waals surface area contributed by atoms with Gasteiger partial charge in [0.1, 0.15) is 5.82 Å². The summed E-state index contributed by atoms with van der Waals surface area (Å²) in [5.74, 6) is 0.689. The van der Waals surface area contributed by atoms with Crippen LogP contribution in [0.3, 0.4) is 0 Å². The van der Waals surface area contributed by atoms with E-state index in [0.29, 0.717) is 23.7 Å². The maximum Gasteiger partial charge on any atom is 0.230 e. The Morgan fingerprint density at radius 2 is 1.78 bits per heavy atom. The molecule has 1 fully saturated rings. The summed E-state index contributed by atoms with van der Waals surface area (Å²) < 4.78 is 15.8. The van der Waals surface area contributed by atoms with Gasteiger partial charge in [-0.1, -0.05) is 60.2 Å². The van der Waals surface area contributed by atoms with E-state index in [2.05, 4.69) is 51.1 Å². The van der Waals surface area contributed by atoms with Gasteiger partial charge in [-0.05, 0) is 24.6 Å². The van der Waals surface area contributed by atoms with Crippen LogP contribution in [0.4, 0.5) is 10.1 Å². The number of aromatic hydroxyl groups is 1. The lowest BCUT2D eigenvalue weighted by Gasteiger charge is -2.40. The lowest BCUT2D eigenvalue weighted by Crippen LogP contribution is -2.48. The summed E-state index contributed by atoms with van der Waals surface area (Å²) in [6, 6.07) is 15.3. The van der Waals surface area contributed by atoms with Gasteiger partial charge in [0.25, 0.3) is 0 Å². The normalized spacial score (nSPS) is 16.0. The molecule has 0 unspecified atom stereocenters. The summed E-state index contributed by atoms with van der Waals surface area (Å²) in [7, 11) is 0. The minimum absolute atomic E-state index is 0.114. The van der Waals surface area contributed by atoms with Crippen molar-refractivity contribution in [3.63, 3.8) is 0 Å². The van der Waals surface area contributed by atoms with Crippen molar-refractivity contribution >= 4 is 22.0 Å². The molecule has 1 N–H and O–H groups in total. The number of aryl methyl sites for hydroxylation is 2. The van der Waals surface area contributed by atoms with Gasteiger partial charge >= 0.3 is 0 Å². The van der Waals surface area contributed by atoms with E-state index < -0.39 is 0 Å². The van der Waals surface area contributed by atoms with Crippen molar-refractivity contribution in [1.82, 2.24) is 19.5 Å². The van der Waals surface area contributed by atoms with Crippen LogP contribution in [0.25, 0.3) is 4.96 Å². The fourth-order valence-electron chi connectivity index (χ4n) is 4.32. The average Bonchev–Trinajstić information content (AvgIpc) is 3.35. The zero-order chi connectivity index (χ0) is 22.2. The van der Waals surface area contributed by atoms with Gasteiger partial charge in [0.05, 0.1) is 16.6 Å². The summed E-state index contributed by atoms with van der Waals surface area (Å²) >= 11 is 1.48. The lowest BCUT2D eigenvalue weighted by molar-refractivity contribution is 0.210. The van der Waals surface area contributed by atoms with Gasteiger partial charge in [-0.2, -0.15) is 4.52 Å². The zero-order valence-corrected chi connectivity index (χ0v) is 19.0. The van der Waals surface area contributed by atoms with Crippen molar-refractivity contribution in [3.8, 4) is 5.88 Å². The van der Waals surface area contributed by atoms with Crippen LogP contribution in [-0.2, 0) is 6.42 Å². The molecule has 1 aliphatic rings. The summed E-state index contributed by atoms with van der Waals surface area (Å²) in [6.07, 6.45) is 0.725. The van der Waals surface area contributed by atoms with Crippen molar-refractivity contribution in [2.24, 2.45) is 0 Å². The molecular formula is C24H26FN5OS. The summed E-state index contributed by atoms with van der Waals surface area (Å²) in [5, 5.41) is 15.5. The number of thiazole rings is 1. The van der Waals surface area contributed by atoms with Crippen LogP contribution in [0.2, 0.25) is 0 Å². The van der Waals surface area contributed by atoms with Crippen LogP contribution < -0.4 is 4.90 Å². The quantitative estimate of drug-likeness (QED) is 0.487. The van der Waals surface area contributed by atoms with Gasteiger partial charge in [-0.3, -0.25) is 4.90 Å². The molecule has 1 aliphatic heterocycles. The highest BCUT2D eigenvalue weighted by Crippen LogP contribution is 2.40. The Balaban J connectivity index is 1.48. The standard InChI is InChI=1S/C24H26FN5OS/c1-3-20-26-24-30(27-20)23(31)22(32-24)21(17-10-8-16(2)9-11-17)29-14-12-28(13-15-29)19-7-5-4-6-18(19)25/h4-11,21,31H,3,12-15H2,1-2H3/t21-/m0/s1. The minimum Gasteiger partial charge on any atom is -0.492 e. The Labute approximate surface area is 190 Å². The lowest BCUT2D eigenvalue weighted by atomic mass is 10.0. The highest BCUT2D eigenvalue weighted by molar-refractivity contribution is 7.17. The third kappa shape index (κ3) is 3.73. The fourth-order valence-corrected chi connectivity index (χ4v) is 5.46. The van der Waals surface area contributed by atoms with Gasteiger partial charge in [-0.25, -0.2) is 9.37 Å². The number of nitrogens with zero attached hydrogens (tertiary/aromatic N) is 5. The second kappa shape index (κ2) is 8.52. The molecule has 0 saturated carbocycles. The monoisotopic (exact) mass is 451 g/mol. The molecule has 3 heterocycles. The van der Waals surface area contributed by atoms with E-state index in [1.165, 1.54) is 23.0 Å². The van der Waals surface area contributed by atoms with Crippen molar-refractivity contribution in [2.45, 2.75) is 26.3 Å². The van der Waals surface area contributed by atoms with Crippen LogP contribution in [-0.4, -0.2) is 50.8 Å². The third-order valence-corrected chi connectivity index (χ3v) is 7.15. The average molecular weight is 452 g/mol. The molecule has 0 radical (unpaired) electrons. The Morgan fingerprint density at radius 1 is 1.06 bits per heavy atom. The summed E-state index contributed by atoms with van der Waals surface area (Å²) in [6.45, 7) is 7.00. The second-order valence-electron chi connectivity index (χ2n) is 8.15. The Kier molecular flexibility index (Phi) is 5.57. The number of fused-ring (bicyclic) bond motifs is 1. The van der Waals surface area contributed by atoms with E-state index in [0.717, 1.165) is 35.8 Å². The summed E-state index contributed by atoms with van der Waals surface area (Å²) in [5.41, 5.74) is 2.95. The Hall–Kier alpha value is -2.97. The van der Waals surface area contributed by atoms with Gasteiger partial charge < -0.3 is 10.0 Å². The first-order valence-corrected chi connectivity index (χ1v) is 11.7. The number of hydrogen-bond donors (Lipinski definition) is 1. The van der Waals surface area contributed by atoms with Crippen LogP contribution in [0, 0.1) is 12.7 Å². The van der Waals surface area contributed by atoms with Crippen LogP contribution in [0.15, 0.2) is 48.5 Å². The Morgan fingerprint density at radius 3 is 2.44 bits per heavy atom. The van der Waals surface area contributed by atoms with Crippen LogP contribution in [0.1, 0.15) is 34.8 Å². The molecular weight excluding hydrogens is 425 g/mol. The van der Waals surface area contributed by atoms with E-state index in [1.54, 1.807) is 10.6 Å². The van der Waals surface area contributed by atoms with Gasteiger partial charge in [0, 0.05) is 32.6 Å². The van der Waals surface area contributed by atoms with Gasteiger partial charge in [-0.15, -0.1) is 5.10 Å². The predicted molar refractivity (Wildman–Crippen MR) is 125 cm³/mol. The topological polar surface area (TPSA) is 56.9 Å². The molecule has 1 saturated heterocycles. The number of hydrogen-bond acceptors (Lipinski definition) is 6. The third-order valence-electron chi connectivity index (χ3n) is 6.07. The maximum atomic E-state index is 14.3.